The molecule has 152 valence electrons. The highest BCUT2D eigenvalue weighted by Crippen LogP contribution is 2.27. The van der Waals surface area contributed by atoms with Crippen LogP contribution in [0.3, 0.4) is 0 Å². The van der Waals surface area contributed by atoms with Crippen molar-refractivity contribution in [3.05, 3.63) is 89.8 Å². The van der Waals surface area contributed by atoms with Gasteiger partial charge in [0.25, 0.3) is 5.89 Å². The van der Waals surface area contributed by atoms with Crippen molar-refractivity contribution in [2.45, 2.75) is 6.61 Å². The number of aromatic nitrogens is 2. The maximum absolute atomic E-state index is 12.8. The van der Waals surface area contributed by atoms with E-state index in [0.717, 1.165) is 11.3 Å². The molecular weight excluding hydrogens is 394 g/mol. The predicted molar refractivity (Wildman–Crippen MR) is 112 cm³/mol. The van der Waals surface area contributed by atoms with Gasteiger partial charge in [0.2, 0.25) is 5.82 Å². The molecule has 7 nitrogen and oxygen atoms in total. The van der Waals surface area contributed by atoms with E-state index in [9.17, 15) is 10.1 Å². The summed E-state index contributed by atoms with van der Waals surface area (Å²) in [6, 6.07) is 23.4. The molecule has 31 heavy (non-hydrogen) atoms. The van der Waals surface area contributed by atoms with E-state index < -0.39 is 5.97 Å². The van der Waals surface area contributed by atoms with Crippen LogP contribution in [-0.2, 0) is 11.3 Å². The second kappa shape index (κ2) is 8.93. The summed E-state index contributed by atoms with van der Waals surface area (Å²) in [6.07, 6.45) is 0. The Labute approximate surface area is 178 Å². The van der Waals surface area contributed by atoms with Gasteiger partial charge in [-0.15, -0.1) is 0 Å². The monoisotopic (exact) mass is 411 g/mol. The molecule has 0 amide bonds. The van der Waals surface area contributed by atoms with E-state index in [2.05, 4.69) is 16.2 Å². The fraction of sp³-hybridized carbons (Fsp3) is 0.0833. The molecule has 4 aromatic rings. The van der Waals surface area contributed by atoms with E-state index in [1.54, 1.807) is 61.7 Å². The van der Waals surface area contributed by atoms with E-state index in [1.807, 2.05) is 18.2 Å². The van der Waals surface area contributed by atoms with Crippen molar-refractivity contribution in [3.63, 3.8) is 0 Å². The minimum absolute atomic E-state index is 0.170. The highest BCUT2D eigenvalue weighted by atomic mass is 16.6. The SMILES string of the molecule is COc1ccc(-c2noc(COC(=O)c3ccccc3-c3ccccc3C#N)n2)cc1. The zero-order chi connectivity index (χ0) is 21.6. The van der Waals surface area contributed by atoms with E-state index in [4.69, 9.17) is 14.0 Å². The number of nitriles is 1. The number of ether oxygens (including phenoxy) is 2. The molecule has 1 heterocycles. The summed E-state index contributed by atoms with van der Waals surface area (Å²) in [6.45, 7) is -0.170. The van der Waals surface area contributed by atoms with Crippen LogP contribution in [0.1, 0.15) is 21.8 Å². The molecule has 0 radical (unpaired) electrons. The third kappa shape index (κ3) is 4.28. The fourth-order valence-electron chi connectivity index (χ4n) is 3.09. The van der Waals surface area contributed by atoms with E-state index in [0.29, 0.717) is 28.1 Å². The number of nitrogens with zero attached hydrogens (tertiary/aromatic N) is 3. The summed E-state index contributed by atoms with van der Waals surface area (Å²) in [5, 5.41) is 13.3. The third-order valence-corrected chi connectivity index (χ3v) is 4.63. The number of carbonyl (C=O) groups excluding carboxylic acids is 1. The van der Waals surface area contributed by atoms with Crippen LogP contribution in [0.5, 0.6) is 5.75 Å². The molecule has 0 saturated carbocycles. The molecule has 0 spiro atoms. The topological polar surface area (TPSA) is 98.2 Å². The zero-order valence-corrected chi connectivity index (χ0v) is 16.6. The lowest BCUT2D eigenvalue weighted by molar-refractivity contribution is 0.0430. The van der Waals surface area contributed by atoms with Gasteiger partial charge in [0.1, 0.15) is 5.75 Å². The van der Waals surface area contributed by atoms with Crippen LogP contribution < -0.4 is 4.74 Å². The minimum Gasteiger partial charge on any atom is -0.497 e. The van der Waals surface area contributed by atoms with Crippen molar-refractivity contribution in [1.29, 1.82) is 5.26 Å². The van der Waals surface area contributed by atoms with Crippen LogP contribution in [0.2, 0.25) is 0 Å². The Morgan fingerprint density at radius 2 is 1.71 bits per heavy atom. The second-order valence-corrected chi connectivity index (χ2v) is 6.52. The molecule has 4 rings (SSSR count). The van der Waals surface area contributed by atoms with Crippen LogP contribution in [0.4, 0.5) is 0 Å². The Morgan fingerprint density at radius 1 is 1.00 bits per heavy atom. The van der Waals surface area contributed by atoms with Crippen molar-refractivity contribution in [3.8, 4) is 34.3 Å². The summed E-state index contributed by atoms with van der Waals surface area (Å²) in [4.78, 5) is 17.0. The molecule has 0 N–H and O–H groups in total. The average Bonchev–Trinajstić information content (AvgIpc) is 3.31. The van der Waals surface area contributed by atoms with Crippen LogP contribution in [0.25, 0.3) is 22.5 Å². The van der Waals surface area contributed by atoms with Gasteiger partial charge in [-0.3, -0.25) is 0 Å². The maximum atomic E-state index is 12.8. The molecule has 0 aliphatic carbocycles. The molecule has 0 fully saturated rings. The quantitative estimate of drug-likeness (QED) is 0.426. The van der Waals surface area contributed by atoms with Gasteiger partial charge in [-0.05, 0) is 42.0 Å². The van der Waals surface area contributed by atoms with Crippen molar-refractivity contribution < 1.29 is 18.8 Å². The predicted octanol–water partition coefficient (Wildman–Crippen LogP) is 4.64. The first kappa shape index (κ1) is 19.9. The lowest BCUT2D eigenvalue weighted by Gasteiger charge is -2.10. The first-order valence-corrected chi connectivity index (χ1v) is 9.42. The van der Waals surface area contributed by atoms with E-state index in [-0.39, 0.29) is 12.5 Å². The lowest BCUT2D eigenvalue weighted by Crippen LogP contribution is -2.07. The molecule has 7 heteroatoms. The number of carbonyl (C=O) groups is 1. The van der Waals surface area contributed by atoms with Crippen LogP contribution >= 0.6 is 0 Å². The van der Waals surface area contributed by atoms with Crippen LogP contribution in [0.15, 0.2) is 77.3 Å². The fourth-order valence-corrected chi connectivity index (χ4v) is 3.09. The standard InChI is InChI=1S/C24H17N3O4/c1-29-18-12-10-16(11-13-18)23-26-22(31-27-23)15-30-24(28)21-9-5-4-8-20(21)19-7-3-2-6-17(19)14-25/h2-13H,15H2,1H3. The molecule has 0 unspecified atom stereocenters. The van der Waals surface area contributed by atoms with Crippen LogP contribution in [0, 0.1) is 11.3 Å². The Kier molecular flexibility index (Phi) is 5.72. The zero-order valence-electron chi connectivity index (χ0n) is 16.6. The highest BCUT2D eigenvalue weighted by molar-refractivity contribution is 5.98. The van der Waals surface area contributed by atoms with Crippen molar-refractivity contribution in [2.24, 2.45) is 0 Å². The minimum atomic E-state index is -0.549. The lowest BCUT2D eigenvalue weighted by atomic mass is 9.96. The Balaban J connectivity index is 1.50. The van der Waals surface area contributed by atoms with Crippen molar-refractivity contribution in [2.75, 3.05) is 7.11 Å². The van der Waals surface area contributed by atoms with E-state index in [1.165, 1.54) is 0 Å². The maximum Gasteiger partial charge on any atom is 0.339 e. The molecule has 0 bridgehead atoms. The summed E-state index contributed by atoms with van der Waals surface area (Å²) in [5.74, 6) is 0.733. The smallest absolute Gasteiger partial charge is 0.339 e. The third-order valence-electron chi connectivity index (χ3n) is 4.63. The summed E-state index contributed by atoms with van der Waals surface area (Å²) in [7, 11) is 1.59. The Morgan fingerprint density at radius 3 is 2.45 bits per heavy atom. The summed E-state index contributed by atoms with van der Waals surface area (Å²) >= 11 is 0. The normalized spacial score (nSPS) is 10.3. The number of rotatable bonds is 6. The molecular formula is C24H17N3O4. The van der Waals surface area contributed by atoms with Gasteiger partial charge < -0.3 is 14.0 Å². The Bertz CT molecular complexity index is 1260. The van der Waals surface area contributed by atoms with Gasteiger partial charge in [-0.1, -0.05) is 41.6 Å². The number of hydrogen-bond donors (Lipinski definition) is 0. The largest absolute Gasteiger partial charge is 0.497 e. The van der Waals surface area contributed by atoms with Crippen LogP contribution in [-0.4, -0.2) is 23.2 Å². The van der Waals surface area contributed by atoms with Crippen molar-refractivity contribution in [1.82, 2.24) is 10.1 Å². The highest BCUT2D eigenvalue weighted by Gasteiger charge is 2.17. The van der Waals surface area contributed by atoms with Crippen molar-refractivity contribution >= 4 is 5.97 Å². The summed E-state index contributed by atoms with van der Waals surface area (Å²) in [5.41, 5.74) is 2.86. The van der Waals surface area contributed by atoms with Gasteiger partial charge >= 0.3 is 5.97 Å². The molecule has 0 aliphatic heterocycles. The number of methoxy groups -OCH3 is 1. The van der Waals surface area contributed by atoms with Gasteiger partial charge in [-0.2, -0.15) is 10.2 Å². The van der Waals surface area contributed by atoms with Gasteiger partial charge in [0, 0.05) is 11.1 Å². The molecule has 0 atom stereocenters. The molecule has 0 saturated heterocycles. The van der Waals surface area contributed by atoms with E-state index >= 15 is 0 Å². The number of hydrogen-bond acceptors (Lipinski definition) is 7. The number of esters is 1. The molecule has 0 aliphatic rings. The van der Waals surface area contributed by atoms with Gasteiger partial charge in [0.15, 0.2) is 6.61 Å². The second-order valence-electron chi connectivity index (χ2n) is 6.52. The first-order valence-electron chi connectivity index (χ1n) is 9.42. The molecule has 1 aromatic heterocycles. The van der Waals surface area contributed by atoms with Gasteiger partial charge in [0.05, 0.1) is 24.3 Å². The molecule has 3 aromatic carbocycles. The first-order chi connectivity index (χ1) is 15.2. The number of benzene rings is 3. The average molecular weight is 411 g/mol. The van der Waals surface area contributed by atoms with Gasteiger partial charge in [-0.25, -0.2) is 4.79 Å². The summed E-state index contributed by atoms with van der Waals surface area (Å²) < 4.78 is 15.7. The Hall–Kier alpha value is -4.44.